The van der Waals surface area contributed by atoms with Crippen molar-refractivity contribution in [3.63, 3.8) is 0 Å². The van der Waals surface area contributed by atoms with Crippen molar-refractivity contribution in [3.05, 3.63) is 53.8 Å². The Labute approximate surface area is 128 Å². The van der Waals surface area contributed by atoms with Gasteiger partial charge in [0.1, 0.15) is 11.0 Å². The van der Waals surface area contributed by atoms with E-state index in [9.17, 15) is 12.8 Å². The standard InChI is InChI=1S/C15H13FN2O3S/c1-2-21-14-8-7-12(9-13(14)16)18-22(19,20)15-6-4-3-5-11(15)10-17/h3-9,18H,2H2,1H3. The molecule has 7 heteroatoms. The van der Waals surface area contributed by atoms with Gasteiger partial charge >= 0.3 is 0 Å². The molecule has 2 aromatic carbocycles. The fourth-order valence-corrected chi connectivity index (χ4v) is 3.05. The molecular formula is C15H13FN2O3S. The highest BCUT2D eigenvalue weighted by Gasteiger charge is 2.19. The molecule has 0 aromatic heterocycles. The number of hydrogen-bond acceptors (Lipinski definition) is 4. The summed E-state index contributed by atoms with van der Waals surface area (Å²) in [7, 11) is -3.98. The van der Waals surface area contributed by atoms with Crippen LogP contribution in [0.2, 0.25) is 0 Å². The summed E-state index contributed by atoms with van der Waals surface area (Å²) in [5, 5.41) is 8.97. The minimum Gasteiger partial charge on any atom is -0.491 e. The molecule has 0 aliphatic heterocycles. The van der Waals surface area contributed by atoms with Crippen molar-refractivity contribution in [2.24, 2.45) is 0 Å². The Hall–Kier alpha value is -2.59. The van der Waals surface area contributed by atoms with E-state index in [1.54, 1.807) is 13.0 Å². The molecule has 0 amide bonds. The number of rotatable bonds is 5. The van der Waals surface area contributed by atoms with Crippen molar-refractivity contribution in [2.75, 3.05) is 11.3 Å². The zero-order valence-electron chi connectivity index (χ0n) is 11.7. The van der Waals surface area contributed by atoms with Gasteiger partial charge in [0, 0.05) is 6.07 Å². The Bertz CT molecular complexity index is 829. The van der Waals surface area contributed by atoms with Crippen LogP contribution in [0.15, 0.2) is 47.4 Å². The first-order valence-corrected chi connectivity index (χ1v) is 7.90. The van der Waals surface area contributed by atoms with E-state index in [4.69, 9.17) is 10.00 Å². The molecular weight excluding hydrogens is 307 g/mol. The summed E-state index contributed by atoms with van der Waals surface area (Å²) in [6.45, 7) is 2.02. The Kier molecular flexibility index (Phi) is 4.63. The van der Waals surface area contributed by atoms with E-state index in [2.05, 4.69) is 4.72 Å². The van der Waals surface area contributed by atoms with Gasteiger partial charge in [-0.05, 0) is 31.2 Å². The topological polar surface area (TPSA) is 79.2 Å². The number of ether oxygens (including phenoxy) is 1. The first kappa shape index (κ1) is 15.8. The summed E-state index contributed by atoms with van der Waals surface area (Å²) < 4.78 is 45.6. The van der Waals surface area contributed by atoms with E-state index in [-0.39, 0.29) is 21.9 Å². The predicted molar refractivity (Wildman–Crippen MR) is 79.5 cm³/mol. The zero-order valence-corrected chi connectivity index (χ0v) is 12.5. The van der Waals surface area contributed by atoms with Gasteiger partial charge in [0.25, 0.3) is 10.0 Å². The summed E-state index contributed by atoms with van der Waals surface area (Å²) >= 11 is 0. The molecule has 0 aliphatic carbocycles. The van der Waals surface area contributed by atoms with Crippen LogP contribution in [0.1, 0.15) is 12.5 Å². The number of nitrogens with one attached hydrogen (secondary N) is 1. The normalized spacial score (nSPS) is 10.8. The van der Waals surface area contributed by atoms with E-state index < -0.39 is 15.8 Å². The predicted octanol–water partition coefficient (Wildman–Crippen LogP) is 2.90. The maximum Gasteiger partial charge on any atom is 0.263 e. The van der Waals surface area contributed by atoms with Crippen LogP contribution < -0.4 is 9.46 Å². The molecule has 114 valence electrons. The van der Waals surface area contributed by atoms with Crippen molar-refractivity contribution in [3.8, 4) is 11.8 Å². The van der Waals surface area contributed by atoms with Crippen LogP contribution in [0.25, 0.3) is 0 Å². The molecule has 1 N–H and O–H groups in total. The maximum atomic E-state index is 13.7. The van der Waals surface area contributed by atoms with Crippen molar-refractivity contribution >= 4 is 15.7 Å². The average Bonchev–Trinajstić information content (AvgIpc) is 2.50. The fourth-order valence-electron chi connectivity index (χ4n) is 1.84. The number of nitrogens with zero attached hydrogens (tertiary/aromatic N) is 1. The Morgan fingerprint density at radius 2 is 2.00 bits per heavy atom. The van der Waals surface area contributed by atoms with Gasteiger partial charge in [0.15, 0.2) is 11.6 Å². The Morgan fingerprint density at radius 3 is 2.64 bits per heavy atom. The fraction of sp³-hybridized carbons (Fsp3) is 0.133. The molecule has 22 heavy (non-hydrogen) atoms. The lowest BCUT2D eigenvalue weighted by molar-refractivity contribution is 0.321. The molecule has 2 rings (SSSR count). The molecule has 0 saturated carbocycles. The molecule has 0 radical (unpaired) electrons. The third kappa shape index (κ3) is 3.35. The molecule has 0 bridgehead atoms. The van der Waals surface area contributed by atoms with E-state index in [1.807, 2.05) is 6.07 Å². The summed E-state index contributed by atoms with van der Waals surface area (Å²) in [6.07, 6.45) is 0. The van der Waals surface area contributed by atoms with Crippen LogP contribution in [-0.4, -0.2) is 15.0 Å². The van der Waals surface area contributed by atoms with E-state index in [1.165, 1.54) is 30.3 Å². The summed E-state index contributed by atoms with van der Waals surface area (Å²) in [6, 6.07) is 11.3. The number of halogens is 1. The minimum atomic E-state index is -3.98. The van der Waals surface area contributed by atoms with Gasteiger partial charge in [0.2, 0.25) is 0 Å². The molecule has 0 atom stereocenters. The van der Waals surface area contributed by atoms with Gasteiger partial charge < -0.3 is 4.74 Å². The molecule has 0 saturated heterocycles. The monoisotopic (exact) mass is 320 g/mol. The average molecular weight is 320 g/mol. The third-order valence-corrected chi connectivity index (χ3v) is 4.22. The van der Waals surface area contributed by atoms with E-state index in [0.29, 0.717) is 6.61 Å². The summed E-state index contributed by atoms with van der Waals surface area (Å²) in [4.78, 5) is -0.160. The number of sulfonamides is 1. The third-order valence-electron chi connectivity index (χ3n) is 2.78. The van der Waals surface area contributed by atoms with Crippen molar-refractivity contribution in [1.82, 2.24) is 0 Å². The number of anilines is 1. The number of benzene rings is 2. The highest BCUT2D eigenvalue weighted by atomic mass is 32.2. The number of hydrogen-bond donors (Lipinski definition) is 1. The van der Waals surface area contributed by atoms with E-state index >= 15 is 0 Å². The SMILES string of the molecule is CCOc1ccc(NS(=O)(=O)c2ccccc2C#N)cc1F. The highest BCUT2D eigenvalue weighted by molar-refractivity contribution is 7.92. The van der Waals surface area contributed by atoms with Gasteiger partial charge in [-0.15, -0.1) is 0 Å². The van der Waals surface area contributed by atoms with Gasteiger partial charge in [0.05, 0.1) is 17.9 Å². The van der Waals surface area contributed by atoms with Gasteiger partial charge in [-0.3, -0.25) is 4.72 Å². The molecule has 0 heterocycles. The first-order chi connectivity index (χ1) is 10.5. The van der Waals surface area contributed by atoms with Crippen LogP contribution >= 0.6 is 0 Å². The second kappa shape index (κ2) is 6.45. The van der Waals surface area contributed by atoms with Gasteiger partial charge in [-0.1, -0.05) is 12.1 Å². The van der Waals surface area contributed by atoms with Crippen LogP contribution in [0.3, 0.4) is 0 Å². The van der Waals surface area contributed by atoms with Crippen LogP contribution in [0.5, 0.6) is 5.75 Å². The first-order valence-electron chi connectivity index (χ1n) is 6.42. The van der Waals surface area contributed by atoms with Crippen molar-refractivity contribution in [1.29, 1.82) is 5.26 Å². The zero-order chi connectivity index (χ0) is 16.2. The second-order valence-electron chi connectivity index (χ2n) is 4.29. The lowest BCUT2D eigenvalue weighted by atomic mass is 10.2. The summed E-state index contributed by atoms with van der Waals surface area (Å²) in [5.74, 6) is -0.626. The Balaban J connectivity index is 2.33. The van der Waals surface area contributed by atoms with Gasteiger partial charge in [-0.2, -0.15) is 5.26 Å². The van der Waals surface area contributed by atoms with Gasteiger partial charge in [-0.25, -0.2) is 12.8 Å². The molecule has 0 unspecified atom stereocenters. The van der Waals surface area contributed by atoms with Crippen LogP contribution in [0, 0.1) is 17.1 Å². The lowest BCUT2D eigenvalue weighted by Crippen LogP contribution is -2.14. The molecule has 2 aromatic rings. The van der Waals surface area contributed by atoms with Crippen LogP contribution in [-0.2, 0) is 10.0 Å². The minimum absolute atomic E-state index is 0.0152. The van der Waals surface area contributed by atoms with Crippen molar-refractivity contribution < 1.29 is 17.5 Å². The highest BCUT2D eigenvalue weighted by Crippen LogP contribution is 2.24. The van der Waals surface area contributed by atoms with E-state index in [0.717, 1.165) is 6.07 Å². The molecule has 5 nitrogen and oxygen atoms in total. The smallest absolute Gasteiger partial charge is 0.263 e. The number of nitriles is 1. The molecule has 0 fully saturated rings. The maximum absolute atomic E-state index is 13.7. The van der Waals surface area contributed by atoms with Crippen molar-refractivity contribution in [2.45, 2.75) is 11.8 Å². The van der Waals surface area contributed by atoms with Crippen LogP contribution in [0.4, 0.5) is 10.1 Å². The second-order valence-corrected chi connectivity index (χ2v) is 5.94. The molecule has 0 aliphatic rings. The molecule has 0 spiro atoms. The summed E-state index contributed by atoms with van der Waals surface area (Å²) in [5.41, 5.74) is 0.0649. The largest absolute Gasteiger partial charge is 0.491 e. The Morgan fingerprint density at radius 1 is 1.27 bits per heavy atom. The lowest BCUT2D eigenvalue weighted by Gasteiger charge is -2.11. The quantitative estimate of drug-likeness (QED) is 0.918.